The molecule has 0 saturated carbocycles. The van der Waals surface area contributed by atoms with E-state index in [1.165, 1.54) is 0 Å². The maximum Gasteiger partial charge on any atom is 0.408 e. The Kier molecular flexibility index (Phi) is 8.22. The van der Waals surface area contributed by atoms with E-state index < -0.39 is 66.5 Å². The molecule has 1 aliphatic rings. The highest BCUT2D eigenvalue weighted by Gasteiger charge is 2.51. The minimum atomic E-state index is -1.36. The number of nitrogens with one attached hydrogen (secondary N) is 1. The quantitative estimate of drug-likeness (QED) is 0.278. The maximum absolute atomic E-state index is 12.2. The Morgan fingerprint density at radius 1 is 1.03 bits per heavy atom. The standard InChI is InChI=1S/C17H26N2O10/c1-8(20)25-7-11-13(26-9(2)21)14(27-10(3)22)12(15(19-24)28-11)18-16(23)29-17(4,5)6/h11-14,24H,7H2,1-6H3,(H,18,23)/b19-15-/t11-,12-,13-,14-/m1/s1. The average molecular weight is 418 g/mol. The third kappa shape index (κ3) is 7.84. The van der Waals surface area contributed by atoms with Gasteiger partial charge in [0.15, 0.2) is 24.4 Å². The third-order valence-corrected chi connectivity index (χ3v) is 3.38. The number of ether oxygens (including phenoxy) is 5. The van der Waals surface area contributed by atoms with Crippen LogP contribution in [0.3, 0.4) is 0 Å². The van der Waals surface area contributed by atoms with Gasteiger partial charge in [-0.15, -0.1) is 0 Å². The molecule has 0 radical (unpaired) electrons. The van der Waals surface area contributed by atoms with E-state index in [0.29, 0.717) is 0 Å². The van der Waals surface area contributed by atoms with Crippen LogP contribution in [-0.4, -0.2) is 71.7 Å². The van der Waals surface area contributed by atoms with Crippen molar-refractivity contribution in [2.45, 2.75) is 71.5 Å². The summed E-state index contributed by atoms with van der Waals surface area (Å²) >= 11 is 0. The van der Waals surface area contributed by atoms with Crippen LogP contribution in [0.15, 0.2) is 5.16 Å². The van der Waals surface area contributed by atoms with Gasteiger partial charge < -0.3 is 34.2 Å². The minimum absolute atomic E-state index is 0.400. The third-order valence-electron chi connectivity index (χ3n) is 3.38. The first kappa shape index (κ1) is 24.0. The fourth-order valence-electron chi connectivity index (χ4n) is 2.49. The Bertz CT molecular complexity index is 670. The van der Waals surface area contributed by atoms with Crippen LogP contribution in [0.25, 0.3) is 0 Å². The summed E-state index contributed by atoms with van der Waals surface area (Å²) in [5.41, 5.74) is -0.847. The van der Waals surface area contributed by atoms with E-state index in [9.17, 15) is 24.4 Å². The number of rotatable bonds is 5. The van der Waals surface area contributed by atoms with Crippen LogP contribution in [0.5, 0.6) is 0 Å². The lowest BCUT2D eigenvalue weighted by molar-refractivity contribution is -0.186. The molecule has 1 rings (SSSR count). The van der Waals surface area contributed by atoms with Gasteiger partial charge in [0.05, 0.1) is 0 Å². The molecule has 0 aromatic heterocycles. The van der Waals surface area contributed by atoms with Gasteiger partial charge in [-0.2, -0.15) is 0 Å². The van der Waals surface area contributed by atoms with Gasteiger partial charge in [0.25, 0.3) is 5.90 Å². The van der Waals surface area contributed by atoms with Crippen molar-refractivity contribution in [3.8, 4) is 0 Å². The first-order valence-electron chi connectivity index (χ1n) is 8.70. The molecule has 29 heavy (non-hydrogen) atoms. The summed E-state index contributed by atoms with van der Waals surface area (Å²) in [4.78, 5) is 46.6. The van der Waals surface area contributed by atoms with Crippen LogP contribution in [-0.2, 0) is 38.1 Å². The van der Waals surface area contributed by atoms with Crippen molar-refractivity contribution in [2.24, 2.45) is 5.16 Å². The fourth-order valence-corrected chi connectivity index (χ4v) is 2.49. The van der Waals surface area contributed by atoms with E-state index in [2.05, 4.69) is 10.5 Å². The Labute approximate surface area is 167 Å². The van der Waals surface area contributed by atoms with Gasteiger partial charge >= 0.3 is 24.0 Å². The maximum atomic E-state index is 12.2. The molecule has 12 heteroatoms. The van der Waals surface area contributed by atoms with Crippen molar-refractivity contribution < 1.29 is 48.1 Å². The van der Waals surface area contributed by atoms with Crippen LogP contribution in [0, 0.1) is 0 Å². The molecule has 0 aliphatic carbocycles. The zero-order chi connectivity index (χ0) is 22.4. The summed E-state index contributed by atoms with van der Waals surface area (Å²) in [6.45, 7) is 7.85. The summed E-state index contributed by atoms with van der Waals surface area (Å²) in [6, 6.07) is -1.35. The molecule has 2 N–H and O–H groups in total. The van der Waals surface area contributed by atoms with Crippen LogP contribution in [0.1, 0.15) is 41.5 Å². The number of nitrogens with zero attached hydrogens (tertiary/aromatic N) is 1. The normalized spacial score (nSPS) is 25.4. The van der Waals surface area contributed by atoms with Crippen LogP contribution >= 0.6 is 0 Å². The molecule has 0 aromatic carbocycles. The minimum Gasteiger partial charge on any atom is -0.466 e. The fraction of sp³-hybridized carbons (Fsp3) is 0.706. The van der Waals surface area contributed by atoms with Gasteiger partial charge in [0.2, 0.25) is 0 Å². The second-order valence-electron chi connectivity index (χ2n) is 7.17. The highest BCUT2D eigenvalue weighted by molar-refractivity contribution is 5.87. The monoisotopic (exact) mass is 418 g/mol. The van der Waals surface area contributed by atoms with Crippen LogP contribution in [0.2, 0.25) is 0 Å². The number of hydrogen-bond acceptors (Lipinski definition) is 11. The number of esters is 3. The predicted octanol–water partition coefficient (Wildman–Crippen LogP) is 0.493. The van der Waals surface area contributed by atoms with Crippen molar-refractivity contribution in [1.82, 2.24) is 5.32 Å². The Balaban J connectivity index is 3.25. The lowest BCUT2D eigenvalue weighted by Crippen LogP contribution is -2.65. The van der Waals surface area contributed by atoms with Gasteiger partial charge in [0.1, 0.15) is 12.2 Å². The molecule has 1 saturated heterocycles. The zero-order valence-electron chi connectivity index (χ0n) is 17.1. The Hall–Kier alpha value is -3.05. The van der Waals surface area contributed by atoms with E-state index in [-0.39, 0.29) is 0 Å². The van der Waals surface area contributed by atoms with Gasteiger partial charge in [0, 0.05) is 20.8 Å². The molecule has 12 nitrogen and oxygen atoms in total. The first-order valence-corrected chi connectivity index (χ1v) is 8.70. The SMILES string of the molecule is CC(=O)OC[C@H]1O/C(=N\O)[C@H](NC(=O)OC(C)(C)C)[C@@H](OC(C)=O)[C@@H]1OC(C)=O. The molecule has 0 spiro atoms. The van der Waals surface area contributed by atoms with Gasteiger partial charge in [-0.05, 0) is 20.8 Å². The second-order valence-corrected chi connectivity index (χ2v) is 7.17. The second kappa shape index (κ2) is 9.94. The number of alkyl carbamates (subject to hydrolysis) is 1. The largest absolute Gasteiger partial charge is 0.466 e. The molecule has 1 heterocycles. The number of carbonyl (C=O) groups is 4. The summed E-state index contributed by atoms with van der Waals surface area (Å²) < 4.78 is 25.9. The molecular formula is C17H26N2O10. The van der Waals surface area contributed by atoms with Crippen LogP contribution < -0.4 is 5.32 Å². The van der Waals surface area contributed by atoms with E-state index in [1.54, 1.807) is 20.8 Å². The van der Waals surface area contributed by atoms with Crippen molar-refractivity contribution in [3.63, 3.8) is 0 Å². The molecule has 4 atom stereocenters. The van der Waals surface area contributed by atoms with Gasteiger partial charge in [-0.25, -0.2) is 4.79 Å². The summed E-state index contributed by atoms with van der Waals surface area (Å²) in [6.07, 6.45) is -4.75. The topological polar surface area (TPSA) is 159 Å². The smallest absolute Gasteiger partial charge is 0.408 e. The molecule has 1 aliphatic heterocycles. The predicted molar refractivity (Wildman–Crippen MR) is 95.0 cm³/mol. The summed E-state index contributed by atoms with van der Waals surface area (Å²) in [5, 5.41) is 14.7. The summed E-state index contributed by atoms with van der Waals surface area (Å²) in [5.74, 6) is -2.61. The first-order chi connectivity index (χ1) is 13.3. The Morgan fingerprint density at radius 2 is 1.59 bits per heavy atom. The van der Waals surface area contributed by atoms with E-state index in [1.807, 2.05) is 0 Å². The highest BCUT2D eigenvalue weighted by Crippen LogP contribution is 2.25. The molecule has 0 aromatic rings. The van der Waals surface area contributed by atoms with Crippen molar-refractivity contribution >= 4 is 29.9 Å². The summed E-state index contributed by atoms with van der Waals surface area (Å²) in [7, 11) is 0. The van der Waals surface area contributed by atoms with E-state index in [4.69, 9.17) is 23.7 Å². The van der Waals surface area contributed by atoms with Crippen molar-refractivity contribution in [2.75, 3.05) is 6.61 Å². The molecule has 1 fully saturated rings. The number of oxime groups is 1. The zero-order valence-corrected chi connectivity index (χ0v) is 17.1. The number of carbonyl (C=O) groups excluding carboxylic acids is 4. The van der Waals surface area contributed by atoms with Crippen molar-refractivity contribution in [3.05, 3.63) is 0 Å². The number of amides is 1. The molecule has 0 bridgehead atoms. The van der Waals surface area contributed by atoms with Gasteiger partial charge in [-0.1, -0.05) is 5.16 Å². The van der Waals surface area contributed by atoms with Crippen molar-refractivity contribution in [1.29, 1.82) is 0 Å². The van der Waals surface area contributed by atoms with Gasteiger partial charge in [-0.3, -0.25) is 14.4 Å². The molecule has 1 amide bonds. The number of hydrogen-bond donors (Lipinski definition) is 2. The van der Waals surface area contributed by atoms with E-state index in [0.717, 1.165) is 20.8 Å². The molecule has 164 valence electrons. The van der Waals surface area contributed by atoms with Crippen LogP contribution in [0.4, 0.5) is 4.79 Å². The highest BCUT2D eigenvalue weighted by atomic mass is 16.6. The lowest BCUT2D eigenvalue weighted by atomic mass is 9.96. The molecule has 0 unspecified atom stereocenters. The molecular weight excluding hydrogens is 392 g/mol. The lowest BCUT2D eigenvalue weighted by Gasteiger charge is -2.41. The average Bonchev–Trinajstić information content (AvgIpc) is 2.54. The van der Waals surface area contributed by atoms with E-state index >= 15 is 0 Å². The Morgan fingerprint density at radius 3 is 2.03 bits per heavy atom.